The van der Waals surface area contributed by atoms with Crippen molar-refractivity contribution in [1.29, 1.82) is 0 Å². The Morgan fingerprint density at radius 1 is 1.22 bits per heavy atom. The van der Waals surface area contributed by atoms with Crippen LogP contribution in [0.15, 0.2) is 36.4 Å². The Hall–Kier alpha value is -3.99. The summed E-state index contributed by atoms with van der Waals surface area (Å²) in [6.07, 6.45) is 0. The van der Waals surface area contributed by atoms with Gasteiger partial charge in [0, 0.05) is 5.69 Å². The number of aromatic nitrogens is 3. The average molecular weight is 460 g/mol. The standard InChI is InChI=1S/C20H18ClN5O6/c1-11-8-12(2)25(24-11)17-7-5-14(21)19(23-17)20(28)32-10-18(27)22-15-6-4-13(31-3)9-16(15)26(29)30/h4-9H,10H2,1-3H3,(H,22,27). The lowest BCUT2D eigenvalue weighted by atomic mass is 10.2. The first-order valence-corrected chi connectivity index (χ1v) is 9.57. The van der Waals surface area contributed by atoms with Crippen molar-refractivity contribution >= 4 is 34.9 Å². The number of methoxy groups -OCH3 is 1. The zero-order valence-corrected chi connectivity index (χ0v) is 18.0. The van der Waals surface area contributed by atoms with Gasteiger partial charge in [-0.2, -0.15) is 5.10 Å². The highest BCUT2D eigenvalue weighted by Crippen LogP contribution is 2.29. The normalized spacial score (nSPS) is 10.5. The van der Waals surface area contributed by atoms with Crippen molar-refractivity contribution in [2.75, 3.05) is 19.0 Å². The predicted octanol–water partition coefficient (Wildman–Crippen LogP) is 3.25. The van der Waals surface area contributed by atoms with Crippen LogP contribution in [0.2, 0.25) is 5.02 Å². The van der Waals surface area contributed by atoms with Gasteiger partial charge in [-0.3, -0.25) is 14.9 Å². The Balaban J connectivity index is 1.71. The number of carbonyl (C=O) groups is 2. The van der Waals surface area contributed by atoms with Gasteiger partial charge < -0.3 is 14.8 Å². The van der Waals surface area contributed by atoms with Crippen LogP contribution in [0.25, 0.3) is 5.82 Å². The lowest BCUT2D eigenvalue weighted by Crippen LogP contribution is -2.22. The molecule has 32 heavy (non-hydrogen) atoms. The summed E-state index contributed by atoms with van der Waals surface area (Å²) >= 11 is 6.07. The smallest absolute Gasteiger partial charge is 0.359 e. The topological polar surface area (TPSA) is 138 Å². The van der Waals surface area contributed by atoms with Crippen LogP contribution in [0, 0.1) is 24.0 Å². The van der Waals surface area contributed by atoms with Crippen LogP contribution in [0.1, 0.15) is 21.9 Å². The molecule has 3 rings (SSSR count). The number of esters is 1. The number of nitrogens with one attached hydrogen (secondary N) is 1. The summed E-state index contributed by atoms with van der Waals surface area (Å²) in [5.41, 5.74) is 0.940. The molecule has 0 aliphatic rings. The van der Waals surface area contributed by atoms with Gasteiger partial charge in [0.15, 0.2) is 18.1 Å². The molecular weight excluding hydrogens is 442 g/mol. The molecule has 1 amide bonds. The second kappa shape index (κ2) is 9.43. The van der Waals surface area contributed by atoms with Gasteiger partial charge in [0.1, 0.15) is 11.4 Å². The van der Waals surface area contributed by atoms with Crippen LogP contribution >= 0.6 is 11.6 Å². The van der Waals surface area contributed by atoms with E-state index in [1.165, 1.54) is 30.0 Å². The van der Waals surface area contributed by atoms with E-state index in [2.05, 4.69) is 15.4 Å². The van der Waals surface area contributed by atoms with Crippen LogP contribution in [0.5, 0.6) is 5.75 Å². The van der Waals surface area contributed by atoms with Crippen molar-refractivity contribution in [3.8, 4) is 11.6 Å². The van der Waals surface area contributed by atoms with Gasteiger partial charge in [-0.25, -0.2) is 14.5 Å². The first-order valence-electron chi connectivity index (χ1n) is 9.19. The van der Waals surface area contributed by atoms with Crippen LogP contribution in [0.4, 0.5) is 11.4 Å². The maximum atomic E-state index is 12.5. The number of hydrogen-bond donors (Lipinski definition) is 1. The molecule has 0 unspecified atom stereocenters. The van der Waals surface area contributed by atoms with E-state index in [0.29, 0.717) is 5.82 Å². The van der Waals surface area contributed by atoms with E-state index in [-0.39, 0.29) is 27.8 Å². The quantitative estimate of drug-likeness (QED) is 0.322. The molecule has 0 saturated carbocycles. The third kappa shape index (κ3) is 5.01. The van der Waals surface area contributed by atoms with Crippen molar-refractivity contribution in [3.05, 3.63) is 68.6 Å². The van der Waals surface area contributed by atoms with Crippen LogP contribution < -0.4 is 10.1 Å². The molecule has 0 radical (unpaired) electrons. The average Bonchev–Trinajstić information content (AvgIpc) is 3.10. The number of nitro groups is 1. The largest absolute Gasteiger partial charge is 0.496 e. The maximum absolute atomic E-state index is 12.5. The first-order chi connectivity index (χ1) is 15.2. The molecule has 11 nitrogen and oxygen atoms in total. The number of benzene rings is 1. The Labute approximate surface area is 187 Å². The van der Waals surface area contributed by atoms with Gasteiger partial charge in [0.2, 0.25) is 0 Å². The number of nitro benzene ring substituents is 1. The number of anilines is 1. The highest BCUT2D eigenvalue weighted by Gasteiger charge is 2.20. The minimum atomic E-state index is -0.933. The fourth-order valence-corrected chi connectivity index (χ4v) is 3.02. The van der Waals surface area contributed by atoms with Crippen molar-refractivity contribution in [1.82, 2.24) is 14.8 Å². The lowest BCUT2D eigenvalue weighted by Gasteiger charge is -2.10. The van der Waals surface area contributed by atoms with Crippen molar-refractivity contribution in [3.63, 3.8) is 0 Å². The second-order valence-corrected chi connectivity index (χ2v) is 7.01. The van der Waals surface area contributed by atoms with Gasteiger partial charge in [-0.1, -0.05) is 11.6 Å². The third-order valence-electron chi connectivity index (χ3n) is 4.26. The molecule has 2 heterocycles. The molecule has 0 saturated heterocycles. The summed E-state index contributed by atoms with van der Waals surface area (Å²) in [6.45, 7) is 2.95. The molecule has 166 valence electrons. The molecule has 1 N–H and O–H groups in total. The number of nitrogens with zero attached hydrogens (tertiary/aromatic N) is 4. The molecule has 12 heteroatoms. The van der Waals surface area contributed by atoms with Gasteiger partial charge in [0.25, 0.3) is 11.6 Å². The molecule has 0 fully saturated rings. The molecule has 0 spiro atoms. The molecule has 2 aromatic heterocycles. The summed E-state index contributed by atoms with van der Waals surface area (Å²) in [7, 11) is 1.36. The summed E-state index contributed by atoms with van der Waals surface area (Å²) in [5, 5.41) is 17.9. The SMILES string of the molecule is COc1ccc(NC(=O)COC(=O)c2nc(-n3nc(C)cc3C)ccc2Cl)c([N+](=O)[O-])c1. The summed E-state index contributed by atoms with van der Waals surface area (Å²) in [4.78, 5) is 39.4. The maximum Gasteiger partial charge on any atom is 0.359 e. The fourth-order valence-electron chi connectivity index (χ4n) is 2.83. The van der Waals surface area contributed by atoms with Gasteiger partial charge in [-0.15, -0.1) is 0 Å². The van der Waals surface area contributed by atoms with E-state index in [1.54, 1.807) is 6.07 Å². The predicted molar refractivity (Wildman–Crippen MR) is 114 cm³/mol. The number of carbonyl (C=O) groups excluding carboxylic acids is 2. The number of pyridine rings is 1. The Bertz CT molecular complexity index is 1210. The molecular formula is C20H18ClN5O6. The molecule has 3 aromatic rings. The highest BCUT2D eigenvalue weighted by molar-refractivity contribution is 6.33. The first kappa shape index (κ1) is 22.7. The number of halogens is 1. The molecule has 0 bridgehead atoms. The number of hydrogen-bond acceptors (Lipinski definition) is 8. The van der Waals surface area contributed by atoms with E-state index in [0.717, 1.165) is 17.5 Å². The number of rotatable bonds is 7. The molecule has 0 aliphatic heterocycles. The molecule has 1 aromatic carbocycles. The van der Waals surface area contributed by atoms with E-state index in [9.17, 15) is 19.7 Å². The number of aryl methyl sites for hydroxylation is 2. The number of ether oxygens (including phenoxy) is 2. The number of amides is 1. The summed E-state index contributed by atoms with van der Waals surface area (Å²) in [6, 6.07) is 8.83. The summed E-state index contributed by atoms with van der Waals surface area (Å²) in [5.74, 6) is -1.11. The van der Waals surface area contributed by atoms with E-state index in [4.69, 9.17) is 21.1 Å². The van der Waals surface area contributed by atoms with Crippen molar-refractivity contribution < 1.29 is 24.0 Å². The minimum absolute atomic E-state index is 0.0338. The van der Waals surface area contributed by atoms with E-state index in [1.807, 2.05) is 19.9 Å². The van der Waals surface area contributed by atoms with Crippen molar-refractivity contribution in [2.24, 2.45) is 0 Å². The third-order valence-corrected chi connectivity index (χ3v) is 4.57. The monoisotopic (exact) mass is 459 g/mol. The highest BCUT2D eigenvalue weighted by atomic mass is 35.5. The van der Waals surface area contributed by atoms with Crippen LogP contribution in [0.3, 0.4) is 0 Å². The van der Waals surface area contributed by atoms with Crippen molar-refractivity contribution in [2.45, 2.75) is 13.8 Å². The Morgan fingerprint density at radius 3 is 2.59 bits per heavy atom. The molecule has 0 atom stereocenters. The Morgan fingerprint density at radius 2 is 1.97 bits per heavy atom. The Kier molecular flexibility index (Phi) is 6.69. The van der Waals surface area contributed by atoms with Crippen LogP contribution in [-0.4, -0.2) is 45.3 Å². The van der Waals surface area contributed by atoms with E-state index < -0.39 is 23.4 Å². The van der Waals surface area contributed by atoms with Crippen LogP contribution in [-0.2, 0) is 9.53 Å². The summed E-state index contributed by atoms with van der Waals surface area (Å²) < 4.78 is 11.5. The zero-order chi connectivity index (χ0) is 23.4. The second-order valence-electron chi connectivity index (χ2n) is 6.60. The molecule has 0 aliphatic carbocycles. The minimum Gasteiger partial charge on any atom is -0.496 e. The lowest BCUT2D eigenvalue weighted by molar-refractivity contribution is -0.384. The zero-order valence-electron chi connectivity index (χ0n) is 17.3. The van der Waals surface area contributed by atoms with Gasteiger partial charge >= 0.3 is 5.97 Å². The van der Waals surface area contributed by atoms with Gasteiger partial charge in [0.05, 0.1) is 28.8 Å². The van der Waals surface area contributed by atoms with Gasteiger partial charge in [-0.05, 0) is 44.2 Å². The van der Waals surface area contributed by atoms with E-state index >= 15 is 0 Å². The fraction of sp³-hybridized carbons (Fsp3) is 0.200.